The number of hydrogen-bond donors (Lipinski definition) is 2. The fraction of sp³-hybridized carbons (Fsp3) is 0.583. The lowest BCUT2D eigenvalue weighted by atomic mass is 10.1. The van der Waals surface area contributed by atoms with E-state index in [1.165, 1.54) is 11.6 Å². The molecule has 0 aliphatic carbocycles. The molecule has 20 heavy (non-hydrogen) atoms. The number of methoxy groups -OCH3 is 1. The minimum Gasteiger partial charge on any atom is -0.377 e. The van der Waals surface area contributed by atoms with E-state index in [0.717, 1.165) is 4.57 Å². The summed E-state index contributed by atoms with van der Waals surface area (Å²) in [5.74, 6) is 0.434. The van der Waals surface area contributed by atoms with E-state index < -0.39 is 11.2 Å². The number of ether oxygens (including phenoxy) is 1. The van der Waals surface area contributed by atoms with Gasteiger partial charge in [-0.3, -0.25) is 13.9 Å². The van der Waals surface area contributed by atoms with Crippen molar-refractivity contribution in [1.29, 1.82) is 0 Å². The predicted molar refractivity (Wildman–Crippen MR) is 76.2 cm³/mol. The molecule has 0 aliphatic heterocycles. The molecule has 2 aromatic heterocycles. The fourth-order valence-electron chi connectivity index (χ4n) is 1.78. The highest BCUT2D eigenvalue weighted by atomic mass is 16.5. The number of rotatable bonds is 4. The number of nitrogens with zero attached hydrogens (tertiary/aromatic N) is 3. The summed E-state index contributed by atoms with van der Waals surface area (Å²) in [6.07, 6.45) is 0. The first-order chi connectivity index (χ1) is 9.26. The van der Waals surface area contributed by atoms with Crippen LogP contribution in [0.5, 0.6) is 0 Å². The minimum atomic E-state index is -0.405. The van der Waals surface area contributed by atoms with Crippen molar-refractivity contribution >= 4 is 17.1 Å². The van der Waals surface area contributed by atoms with Gasteiger partial charge in [-0.15, -0.1) is 0 Å². The van der Waals surface area contributed by atoms with Crippen LogP contribution in [0, 0.1) is 0 Å². The van der Waals surface area contributed by atoms with Crippen LogP contribution in [0.3, 0.4) is 0 Å². The van der Waals surface area contributed by atoms with Crippen molar-refractivity contribution in [2.24, 2.45) is 14.1 Å². The normalized spacial score (nSPS) is 12.1. The first kappa shape index (κ1) is 14.3. The molecule has 0 amide bonds. The van der Waals surface area contributed by atoms with Crippen LogP contribution in [0.25, 0.3) is 11.2 Å². The standard InChI is InChI=1S/C12H19N5O3/c1-12(2,20-5)6-13-10-14-7-8(15-10)16(3)11(19)17(4)9(7)18/h6H2,1-5H3,(H2,13,14,15). The topological polar surface area (TPSA) is 93.9 Å². The monoisotopic (exact) mass is 281 g/mol. The molecular formula is C12H19N5O3. The summed E-state index contributed by atoms with van der Waals surface area (Å²) in [5.41, 5.74) is -0.536. The van der Waals surface area contributed by atoms with Gasteiger partial charge in [-0.2, -0.15) is 4.98 Å². The van der Waals surface area contributed by atoms with Gasteiger partial charge in [0.05, 0.1) is 5.60 Å². The van der Waals surface area contributed by atoms with E-state index in [1.54, 1.807) is 14.2 Å². The second kappa shape index (κ2) is 4.78. The lowest BCUT2D eigenvalue weighted by Crippen LogP contribution is -2.36. The Balaban J connectivity index is 2.45. The highest BCUT2D eigenvalue weighted by molar-refractivity contribution is 5.72. The first-order valence-corrected chi connectivity index (χ1v) is 6.21. The molecule has 0 fully saturated rings. The van der Waals surface area contributed by atoms with Crippen LogP contribution in [-0.2, 0) is 18.8 Å². The first-order valence-electron chi connectivity index (χ1n) is 6.21. The number of aromatic amines is 1. The van der Waals surface area contributed by atoms with Crippen molar-refractivity contribution in [2.75, 3.05) is 19.0 Å². The van der Waals surface area contributed by atoms with E-state index in [0.29, 0.717) is 23.7 Å². The lowest BCUT2D eigenvalue weighted by Gasteiger charge is -2.22. The second-order valence-electron chi connectivity index (χ2n) is 5.31. The number of imidazole rings is 1. The van der Waals surface area contributed by atoms with Crippen LogP contribution < -0.4 is 16.6 Å². The van der Waals surface area contributed by atoms with E-state index in [1.807, 2.05) is 13.8 Å². The number of nitrogens with one attached hydrogen (secondary N) is 2. The van der Waals surface area contributed by atoms with Crippen molar-refractivity contribution in [3.05, 3.63) is 20.8 Å². The molecule has 0 saturated carbocycles. The Bertz CT molecular complexity index is 753. The van der Waals surface area contributed by atoms with Gasteiger partial charge in [-0.1, -0.05) is 0 Å². The Morgan fingerprint density at radius 2 is 1.95 bits per heavy atom. The van der Waals surface area contributed by atoms with E-state index in [4.69, 9.17) is 4.74 Å². The molecule has 0 bridgehead atoms. The van der Waals surface area contributed by atoms with Crippen LogP contribution in [0.4, 0.5) is 5.95 Å². The molecule has 0 aromatic carbocycles. The molecule has 0 spiro atoms. The third kappa shape index (κ3) is 2.34. The lowest BCUT2D eigenvalue weighted by molar-refractivity contribution is 0.0342. The summed E-state index contributed by atoms with van der Waals surface area (Å²) in [6.45, 7) is 4.37. The van der Waals surface area contributed by atoms with Crippen molar-refractivity contribution in [1.82, 2.24) is 19.1 Å². The SMILES string of the molecule is COC(C)(C)CNc1nc2c([nH]1)c(=O)n(C)c(=O)n2C. The third-order valence-corrected chi connectivity index (χ3v) is 3.33. The van der Waals surface area contributed by atoms with Gasteiger partial charge in [-0.25, -0.2) is 4.79 Å². The molecule has 2 rings (SSSR count). The summed E-state index contributed by atoms with van der Waals surface area (Å²) in [5, 5.41) is 3.06. The number of aryl methyl sites for hydroxylation is 1. The van der Waals surface area contributed by atoms with Crippen molar-refractivity contribution in [2.45, 2.75) is 19.4 Å². The highest BCUT2D eigenvalue weighted by Crippen LogP contribution is 2.11. The Labute approximate surface area is 115 Å². The Hall–Kier alpha value is -2.09. The van der Waals surface area contributed by atoms with E-state index in [2.05, 4.69) is 15.3 Å². The van der Waals surface area contributed by atoms with Crippen LogP contribution in [-0.4, -0.2) is 38.4 Å². The predicted octanol–water partition coefficient (Wildman–Crippen LogP) is -0.203. The molecule has 0 aliphatic rings. The fourth-order valence-corrected chi connectivity index (χ4v) is 1.78. The summed E-state index contributed by atoms with van der Waals surface area (Å²) < 4.78 is 7.67. The van der Waals surface area contributed by atoms with Gasteiger partial charge in [0.1, 0.15) is 0 Å². The molecule has 0 unspecified atom stereocenters. The molecule has 2 aromatic rings. The molecule has 0 atom stereocenters. The number of fused-ring (bicyclic) bond motifs is 1. The minimum absolute atomic E-state index is 0.298. The van der Waals surface area contributed by atoms with Crippen LogP contribution in [0.15, 0.2) is 9.59 Å². The average Bonchev–Trinajstić information content (AvgIpc) is 2.85. The molecular weight excluding hydrogens is 262 g/mol. The van der Waals surface area contributed by atoms with Crippen LogP contribution in [0.1, 0.15) is 13.8 Å². The van der Waals surface area contributed by atoms with E-state index >= 15 is 0 Å². The molecule has 8 heteroatoms. The molecule has 0 saturated heterocycles. The van der Waals surface area contributed by atoms with E-state index in [-0.39, 0.29) is 5.60 Å². The molecule has 8 nitrogen and oxygen atoms in total. The maximum atomic E-state index is 12.0. The van der Waals surface area contributed by atoms with Crippen molar-refractivity contribution in [3.8, 4) is 0 Å². The molecule has 110 valence electrons. The van der Waals surface area contributed by atoms with Crippen molar-refractivity contribution < 1.29 is 4.74 Å². The molecule has 2 heterocycles. The van der Waals surface area contributed by atoms with Crippen LogP contribution in [0.2, 0.25) is 0 Å². The number of hydrogen-bond acceptors (Lipinski definition) is 5. The molecule has 0 radical (unpaired) electrons. The van der Waals surface area contributed by atoms with Gasteiger partial charge in [0.15, 0.2) is 11.2 Å². The Morgan fingerprint density at radius 1 is 1.30 bits per heavy atom. The Kier molecular flexibility index (Phi) is 3.43. The summed E-state index contributed by atoms with van der Waals surface area (Å²) in [4.78, 5) is 30.9. The number of H-pyrrole nitrogens is 1. The zero-order valence-corrected chi connectivity index (χ0v) is 12.3. The maximum Gasteiger partial charge on any atom is 0.332 e. The quantitative estimate of drug-likeness (QED) is 0.809. The van der Waals surface area contributed by atoms with Gasteiger partial charge in [0, 0.05) is 27.7 Å². The Morgan fingerprint density at radius 3 is 2.55 bits per heavy atom. The zero-order chi connectivity index (χ0) is 15.1. The van der Waals surface area contributed by atoms with Crippen LogP contribution >= 0.6 is 0 Å². The number of aromatic nitrogens is 4. The third-order valence-electron chi connectivity index (χ3n) is 3.33. The molecule has 2 N–H and O–H groups in total. The van der Waals surface area contributed by atoms with Gasteiger partial charge in [-0.05, 0) is 13.8 Å². The average molecular weight is 281 g/mol. The summed E-state index contributed by atoms with van der Waals surface area (Å²) in [6, 6.07) is 0. The zero-order valence-electron chi connectivity index (χ0n) is 12.3. The van der Waals surface area contributed by atoms with E-state index in [9.17, 15) is 9.59 Å². The second-order valence-corrected chi connectivity index (χ2v) is 5.31. The largest absolute Gasteiger partial charge is 0.377 e. The summed E-state index contributed by atoms with van der Waals surface area (Å²) in [7, 11) is 4.64. The highest BCUT2D eigenvalue weighted by Gasteiger charge is 2.18. The maximum absolute atomic E-state index is 12.0. The van der Waals surface area contributed by atoms with Gasteiger partial charge >= 0.3 is 5.69 Å². The van der Waals surface area contributed by atoms with Gasteiger partial charge < -0.3 is 15.0 Å². The van der Waals surface area contributed by atoms with Gasteiger partial charge in [0.25, 0.3) is 5.56 Å². The van der Waals surface area contributed by atoms with Gasteiger partial charge in [0.2, 0.25) is 5.95 Å². The smallest absolute Gasteiger partial charge is 0.332 e. The summed E-state index contributed by atoms with van der Waals surface area (Å²) >= 11 is 0. The van der Waals surface area contributed by atoms with Crippen molar-refractivity contribution in [3.63, 3.8) is 0 Å². The number of anilines is 1.